The lowest BCUT2D eigenvalue weighted by atomic mass is 10.1. The van der Waals surface area contributed by atoms with E-state index in [-0.39, 0.29) is 18.3 Å². The summed E-state index contributed by atoms with van der Waals surface area (Å²) in [5.74, 6) is 0.486. The number of carbonyl (C=O) groups excluding carboxylic acids is 1. The van der Waals surface area contributed by atoms with Gasteiger partial charge in [-0.25, -0.2) is 0 Å². The third-order valence-electron chi connectivity index (χ3n) is 3.81. The quantitative estimate of drug-likeness (QED) is 0.646. The zero-order valence-corrected chi connectivity index (χ0v) is 13.1. The van der Waals surface area contributed by atoms with Crippen molar-refractivity contribution >= 4 is 24.0 Å². The first-order chi connectivity index (χ1) is 10.8. The van der Waals surface area contributed by atoms with Gasteiger partial charge in [-0.05, 0) is 12.1 Å². The number of nitrogens with zero attached hydrogens (tertiary/aromatic N) is 4. The SMILES string of the molecule is Cl.O=C(NCc1nnc2ccccn12)c1n[nH]c2c1CNCC2. The van der Waals surface area contributed by atoms with Crippen LogP contribution in [0.4, 0.5) is 0 Å². The molecule has 3 aromatic rings. The van der Waals surface area contributed by atoms with Gasteiger partial charge in [-0.2, -0.15) is 5.10 Å². The summed E-state index contributed by atoms with van der Waals surface area (Å²) in [6.45, 7) is 1.88. The average molecular weight is 334 g/mol. The molecule has 4 rings (SSSR count). The Morgan fingerprint density at radius 1 is 1.35 bits per heavy atom. The van der Waals surface area contributed by atoms with Gasteiger partial charge in [0.15, 0.2) is 17.2 Å². The van der Waals surface area contributed by atoms with Crippen LogP contribution in [0.5, 0.6) is 0 Å². The summed E-state index contributed by atoms with van der Waals surface area (Å²) >= 11 is 0. The van der Waals surface area contributed by atoms with Gasteiger partial charge in [0.05, 0.1) is 6.54 Å². The summed E-state index contributed by atoms with van der Waals surface area (Å²) in [5.41, 5.74) is 3.20. The van der Waals surface area contributed by atoms with Crippen molar-refractivity contribution in [3.63, 3.8) is 0 Å². The monoisotopic (exact) mass is 333 g/mol. The van der Waals surface area contributed by atoms with Gasteiger partial charge in [0.1, 0.15) is 0 Å². The van der Waals surface area contributed by atoms with E-state index in [0.717, 1.165) is 29.9 Å². The lowest BCUT2D eigenvalue weighted by molar-refractivity contribution is 0.0943. The van der Waals surface area contributed by atoms with Crippen molar-refractivity contribution < 1.29 is 4.79 Å². The molecule has 9 heteroatoms. The molecule has 0 aliphatic carbocycles. The average Bonchev–Trinajstić information content (AvgIpc) is 3.17. The van der Waals surface area contributed by atoms with Crippen molar-refractivity contribution in [3.05, 3.63) is 47.2 Å². The Balaban J connectivity index is 0.00000156. The Bertz CT molecular complexity index is 841. The third-order valence-corrected chi connectivity index (χ3v) is 3.81. The number of fused-ring (bicyclic) bond motifs is 2. The van der Waals surface area contributed by atoms with Crippen molar-refractivity contribution in [1.82, 2.24) is 35.4 Å². The summed E-state index contributed by atoms with van der Waals surface area (Å²) in [5, 5.41) is 21.3. The standard InChI is InChI=1S/C14H15N7O.ClH/c22-14(13-9-7-15-5-4-10(9)17-20-13)16-8-12-19-18-11-3-1-2-6-21(11)12;/h1-3,6,15H,4-5,7-8H2,(H,16,22)(H,17,20);1H. The van der Waals surface area contributed by atoms with Gasteiger partial charge < -0.3 is 10.6 Å². The fourth-order valence-corrected chi connectivity index (χ4v) is 2.67. The van der Waals surface area contributed by atoms with Crippen molar-refractivity contribution in [3.8, 4) is 0 Å². The van der Waals surface area contributed by atoms with Crippen molar-refractivity contribution in [2.24, 2.45) is 0 Å². The molecule has 23 heavy (non-hydrogen) atoms. The van der Waals surface area contributed by atoms with Crippen molar-refractivity contribution in [1.29, 1.82) is 0 Å². The highest BCUT2D eigenvalue weighted by atomic mass is 35.5. The zero-order chi connectivity index (χ0) is 14.9. The van der Waals surface area contributed by atoms with Crippen LogP contribution in [0.1, 0.15) is 27.6 Å². The normalized spacial score (nSPS) is 13.4. The number of halogens is 1. The van der Waals surface area contributed by atoms with Crippen LogP contribution in [0.3, 0.4) is 0 Å². The van der Waals surface area contributed by atoms with Crippen molar-refractivity contribution in [2.45, 2.75) is 19.5 Å². The second kappa shape index (κ2) is 6.35. The Kier molecular flexibility index (Phi) is 4.26. The molecule has 0 saturated carbocycles. The van der Waals surface area contributed by atoms with Crippen LogP contribution in [0.2, 0.25) is 0 Å². The van der Waals surface area contributed by atoms with E-state index in [1.165, 1.54) is 0 Å². The van der Waals surface area contributed by atoms with E-state index in [4.69, 9.17) is 0 Å². The van der Waals surface area contributed by atoms with Gasteiger partial charge in [0.25, 0.3) is 5.91 Å². The maximum absolute atomic E-state index is 12.3. The van der Waals surface area contributed by atoms with Crippen LogP contribution < -0.4 is 10.6 Å². The van der Waals surface area contributed by atoms with Crippen LogP contribution in [0.25, 0.3) is 5.65 Å². The van der Waals surface area contributed by atoms with E-state index in [2.05, 4.69) is 31.0 Å². The fraction of sp³-hybridized carbons (Fsp3) is 0.286. The molecule has 0 saturated heterocycles. The molecule has 0 atom stereocenters. The highest BCUT2D eigenvalue weighted by Crippen LogP contribution is 2.15. The summed E-state index contributed by atoms with van der Waals surface area (Å²) in [6, 6.07) is 5.67. The molecular formula is C14H16ClN7O. The minimum Gasteiger partial charge on any atom is -0.343 e. The van der Waals surface area contributed by atoms with Gasteiger partial charge >= 0.3 is 0 Å². The summed E-state index contributed by atoms with van der Waals surface area (Å²) in [4.78, 5) is 12.3. The van der Waals surface area contributed by atoms with E-state index >= 15 is 0 Å². The Hall–Kier alpha value is -2.45. The molecule has 1 amide bonds. The number of aromatic nitrogens is 5. The molecule has 0 radical (unpaired) electrons. The molecule has 3 N–H and O–H groups in total. The largest absolute Gasteiger partial charge is 0.343 e. The highest BCUT2D eigenvalue weighted by molar-refractivity contribution is 5.93. The minimum absolute atomic E-state index is 0. The number of hydrogen-bond donors (Lipinski definition) is 3. The first kappa shape index (κ1) is 15.4. The molecule has 1 aliphatic heterocycles. The Morgan fingerprint density at radius 2 is 2.26 bits per heavy atom. The van der Waals surface area contributed by atoms with Crippen LogP contribution in [0, 0.1) is 0 Å². The lowest BCUT2D eigenvalue weighted by Crippen LogP contribution is -2.28. The van der Waals surface area contributed by atoms with E-state index in [9.17, 15) is 4.79 Å². The second-order valence-corrected chi connectivity index (χ2v) is 5.18. The van der Waals surface area contributed by atoms with Gasteiger partial charge in [0.2, 0.25) is 0 Å². The zero-order valence-electron chi connectivity index (χ0n) is 12.2. The van der Waals surface area contributed by atoms with Crippen LogP contribution in [-0.2, 0) is 19.5 Å². The van der Waals surface area contributed by atoms with Crippen molar-refractivity contribution in [2.75, 3.05) is 6.54 Å². The smallest absolute Gasteiger partial charge is 0.272 e. The fourth-order valence-electron chi connectivity index (χ4n) is 2.67. The lowest BCUT2D eigenvalue weighted by Gasteiger charge is -2.12. The molecule has 4 heterocycles. The first-order valence-corrected chi connectivity index (χ1v) is 7.16. The topological polar surface area (TPSA) is 100 Å². The Morgan fingerprint density at radius 3 is 3.17 bits per heavy atom. The van der Waals surface area contributed by atoms with Crippen LogP contribution in [-0.4, -0.2) is 37.2 Å². The number of hydrogen-bond acceptors (Lipinski definition) is 5. The van der Waals surface area contributed by atoms with Crippen LogP contribution in [0.15, 0.2) is 24.4 Å². The maximum Gasteiger partial charge on any atom is 0.272 e. The summed E-state index contributed by atoms with van der Waals surface area (Å²) in [7, 11) is 0. The third kappa shape index (κ3) is 2.78. The minimum atomic E-state index is -0.200. The summed E-state index contributed by atoms with van der Waals surface area (Å²) in [6.07, 6.45) is 2.74. The van der Waals surface area contributed by atoms with E-state index < -0.39 is 0 Å². The number of nitrogens with one attached hydrogen (secondary N) is 3. The molecule has 3 aromatic heterocycles. The maximum atomic E-state index is 12.3. The number of pyridine rings is 1. The molecule has 0 bridgehead atoms. The first-order valence-electron chi connectivity index (χ1n) is 7.16. The summed E-state index contributed by atoms with van der Waals surface area (Å²) < 4.78 is 1.85. The number of aromatic amines is 1. The molecule has 0 unspecified atom stereocenters. The van der Waals surface area contributed by atoms with E-state index in [1.54, 1.807) is 0 Å². The van der Waals surface area contributed by atoms with Gasteiger partial charge in [-0.3, -0.25) is 14.3 Å². The molecule has 0 aromatic carbocycles. The number of rotatable bonds is 3. The second-order valence-electron chi connectivity index (χ2n) is 5.18. The molecule has 0 fully saturated rings. The van der Waals surface area contributed by atoms with Gasteiger partial charge in [-0.1, -0.05) is 6.07 Å². The number of H-pyrrole nitrogens is 1. The highest BCUT2D eigenvalue weighted by Gasteiger charge is 2.21. The van der Waals surface area contributed by atoms with Crippen LogP contribution >= 0.6 is 12.4 Å². The van der Waals surface area contributed by atoms with Gasteiger partial charge in [-0.15, -0.1) is 22.6 Å². The Labute approximate surface area is 138 Å². The predicted molar refractivity (Wildman–Crippen MR) is 85.4 cm³/mol. The number of amides is 1. The van der Waals surface area contributed by atoms with Gasteiger partial charge in [0, 0.05) is 37.0 Å². The molecule has 8 nitrogen and oxygen atoms in total. The molecule has 1 aliphatic rings. The molecule has 0 spiro atoms. The molecule has 120 valence electrons. The predicted octanol–water partition coefficient (Wildman–Crippen LogP) is 0.450. The number of carbonyl (C=O) groups is 1. The van der Waals surface area contributed by atoms with E-state index in [1.807, 2.05) is 28.8 Å². The molecular weight excluding hydrogens is 318 g/mol. The van der Waals surface area contributed by atoms with E-state index in [0.29, 0.717) is 24.6 Å².